The van der Waals surface area contributed by atoms with E-state index in [9.17, 15) is 9.59 Å². The van der Waals surface area contributed by atoms with Crippen molar-refractivity contribution in [3.05, 3.63) is 53.1 Å². The van der Waals surface area contributed by atoms with Crippen LogP contribution in [-0.2, 0) is 9.53 Å². The van der Waals surface area contributed by atoms with Crippen molar-refractivity contribution < 1.29 is 19.1 Å². The lowest BCUT2D eigenvalue weighted by atomic mass is 10.0. The average molecular weight is 542 g/mol. The molecule has 0 radical (unpaired) electrons. The van der Waals surface area contributed by atoms with Gasteiger partial charge >= 0.3 is 6.09 Å². The second-order valence-corrected chi connectivity index (χ2v) is 12.0. The Balaban J connectivity index is 1.36. The van der Waals surface area contributed by atoms with Gasteiger partial charge in [0.25, 0.3) is 0 Å². The molecule has 2 aliphatic rings. The van der Waals surface area contributed by atoms with Crippen molar-refractivity contribution in [1.82, 2.24) is 4.90 Å². The van der Waals surface area contributed by atoms with Crippen LogP contribution in [0.5, 0.6) is 5.75 Å². The fraction of sp³-hybridized carbons (Fsp3) is 0.533. The molecule has 2 saturated heterocycles. The highest BCUT2D eigenvalue weighted by Crippen LogP contribution is 2.32. The number of amides is 2. The molecule has 2 amide bonds. The van der Waals surface area contributed by atoms with Gasteiger partial charge in [-0.15, -0.1) is 0 Å². The first-order valence-electron chi connectivity index (χ1n) is 13.6. The van der Waals surface area contributed by atoms with E-state index in [4.69, 9.17) is 21.1 Å². The highest BCUT2D eigenvalue weighted by Gasteiger charge is 2.35. The summed E-state index contributed by atoms with van der Waals surface area (Å²) in [5.41, 5.74) is 2.50. The summed E-state index contributed by atoms with van der Waals surface area (Å²) in [5, 5.41) is 3.37. The zero-order valence-electron chi connectivity index (χ0n) is 23.1. The second kappa shape index (κ2) is 11.9. The minimum atomic E-state index is -0.618. The summed E-state index contributed by atoms with van der Waals surface area (Å²) < 4.78 is 11.8. The number of carbonyl (C=O) groups is 2. The van der Waals surface area contributed by atoms with Crippen LogP contribution in [0.15, 0.2) is 42.5 Å². The number of halogens is 1. The number of rotatable bonds is 6. The van der Waals surface area contributed by atoms with Crippen molar-refractivity contribution in [3.63, 3.8) is 0 Å². The molecule has 2 heterocycles. The van der Waals surface area contributed by atoms with E-state index in [0.29, 0.717) is 35.3 Å². The van der Waals surface area contributed by atoms with Gasteiger partial charge in [0.2, 0.25) is 5.91 Å². The summed E-state index contributed by atoms with van der Waals surface area (Å²) in [5.74, 6) is 0.844. The van der Waals surface area contributed by atoms with Crippen LogP contribution in [0.25, 0.3) is 0 Å². The summed E-state index contributed by atoms with van der Waals surface area (Å²) in [7, 11) is 0. The van der Waals surface area contributed by atoms with Crippen LogP contribution in [-0.4, -0.2) is 54.3 Å². The third kappa shape index (κ3) is 7.13. The molecule has 0 unspecified atom stereocenters. The van der Waals surface area contributed by atoms with Gasteiger partial charge in [0.1, 0.15) is 23.5 Å². The van der Waals surface area contributed by atoms with E-state index in [1.165, 1.54) is 16.2 Å². The third-order valence-electron chi connectivity index (χ3n) is 6.97. The molecule has 206 valence electrons. The molecular formula is C30H40ClN3O4. The summed E-state index contributed by atoms with van der Waals surface area (Å²) in [4.78, 5) is 29.7. The van der Waals surface area contributed by atoms with Gasteiger partial charge in [-0.05, 0) is 81.8 Å². The Labute approximate surface area is 231 Å². The summed E-state index contributed by atoms with van der Waals surface area (Å²) in [6.07, 6.45) is 2.80. The predicted octanol–water partition coefficient (Wildman–Crippen LogP) is 6.85. The van der Waals surface area contributed by atoms with Gasteiger partial charge in [-0.25, -0.2) is 4.79 Å². The fourth-order valence-corrected chi connectivity index (χ4v) is 5.19. The highest BCUT2D eigenvalue weighted by molar-refractivity contribution is 6.32. The molecule has 2 aromatic carbocycles. The van der Waals surface area contributed by atoms with E-state index in [1.54, 1.807) is 18.2 Å². The van der Waals surface area contributed by atoms with Gasteiger partial charge in [0.15, 0.2) is 0 Å². The summed E-state index contributed by atoms with van der Waals surface area (Å²) in [6.45, 7) is 12.1. The summed E-state index contributed by atoms with van der Waals surface area (Å²) in [6, 6.07) is 13.4. The Morgan fingerprint density at radius 2 is 1.84 bits per heavy atom. The van der Waals surface area contributed by atoms with Crippen LogP contribution < -0.4 is 15.0 Å². The first-order valence-corrected chi connectivity index (χ1v) is 14.0. The molecule has 0 bridgehead atoms. The molecule has 8 heteroatoms. The molecule has 2 aromatic rings. The van der Waals surface area contributed by atoms with Crippen molar-refractivity contribution in [2.45, 2.75) is 84.0 Å². The largest absolute Gasteiger partial charge is 0.487 e. The normalized spacial score (nSPS) is 20.0. The number of nitrogens with one attached hydrogen (secondary N) is 1. The average Bonchev–Trinajstić information content (AvgIpc) is 3.33. The Kier molecular flexibility index (Phi) is 8.76. The molecular weight excluding hydrogens is 502 g/mol. The van der Waals surface area contributed by atoms with Crippen LogP contribution in [0.3, 0.4) is 0 Å². The van der Waals surface area contributed by atoms with Crippen molar-refractivity contribution in [2.75, 3.05) is 29.9 Å². The summed E-state index contributed by atoms with van der Waals surface area (Å²) >= 11 is 6.56. The van der Waals surface area contributed by atoms with Gasteiger partial charge in [0, 0.05) is 30.9 Å². The maximum Gasteiger partial charge on any atom is 0.410 e. The van der Waals surface area contributed by atoms with Gasteiger partial charge in [-0.2, -0.15) is 0 Å². The van der Waals surface area contributed by atoms with Gasteiger partial charge in [-0.1, -0.05) is 37.6 Å². The maximum atomic E-state index is 13.1. The minimum absolute atomic E-state index is 0.0280. The number of likely N-dealkylation sites (tertiary alicyclic amines) is 1. The lowest BCUT2D eigenvalue weighted by Crippen LogP contribution is -2.51. The molecule has 0 aliphatic carbocycles. The zero-order chi connectivity index (χ0) is 27.4. The van der Waals surface area contributed by atoms with Crippen LogP contribution in [0, 0.1) is 0 Å². The highest BCUT2D eigenvalue weighted by atomic mass is 35.5. The number of carbonyl (C=O) groups excluding carboxylic acids is 2. The van der Waals surface area contributed by atoms with Crippen molar-refractivity contribution in [3.8, 4) is 5.75 Å². The minimum Gasteiger partial charge on any atom is -0.487 e. The molecule has 38 heavy (non-hydrogen) atoms. The number of nitrogens with zero attached hydrogens (tertiary/aromatic N) is 2. The van der Waals surface area contributed by atoms with Crippen LogP contribution in [0.1, 0.15) is 71.8 Å². The SMILES string of the molecule is CC(C)c1cccc(N2CC[C@H](Oc3ccc(NC(=O)[C@H]4CCCCN4C(=O)OC(C)(C)C)cc3Cl)C2)c1. The Bertz CT molecular complexity index is 1150. The topological polar surface area (TPSA) is 71.1 Å². The molecule has 4 rings (SSSR count). The first kappa shape index (κ1) is 28.1. The van der Waals surface area contributed by atoms with E-state index in [1.807, 2.05) is 20.8 Å². The molecule has 0 saturated carbocycles. The van der Waals surface area contributed by atoms with E-state index >= 15 is 0 Å². The zero-order valence-corrected chi connectivity index (χ0v) is 23.9. The monoisotopic (exact) mass is 541 g/mol. The quantitative estimate of drug-likeness (QED) is 0.433. The van der Waals surface area contributed by atoms with E-state index in [2.05, 4.69) is 48.3 Å². The van der Waals surface area contributed by atoms with Gasteiger partial charge in [-0.3, -0.25) is 9.69 Å². The number of hydrogen-bond acceptors (Lipinski definition) is 5. The van der Waals surface area contributed by atoms with Crippen LogP contribution in [0.4, 0.5) is 16.2 Å². The maximum absolute atomic E-state index is 13.1. The Morgan fingerprint density at radius 3 is 2.55 bits per heavy atom. The Morgan fingerprint density at radius 1 is 1.05 bits per heavy atom. The van der Waals surface area contributed by atoms with Crippen LogP contribution >= 0.6 is 11.6 Å². The van der Waals surface area contributed by atoms with E-state index < -0.39 is 17.7 Å². The Hall–Kier alpha value is -2.93. The second-order valence-electron chi connectivity index (χ2n) is 11.5. The molecule has 1 N–H and O–H groups in total. The number of ether oxygens (including phenoxy) is 2. The van der Waals surface area contributed by atoms with Gasteiger partial charge in [0.05, 0.1) is 11.6 Å². The third-order valence-corrected chi connectivity index (χ3v) is 7.27. The number of hydrogen-bond donors (Lipinski definition) is 1. The number of piperidine rings is 1. The van der Waals surface area contributed by atoms with Gasteiger partial charge < -0.3 is 19.7 Å². The molecule has 2 atom stereocenters. The first-order chi connectivity index (χ1) is 18.0. The van der Waals surface area contributed by atoms with Crippen molar-refractivity contribution in [1.29, 1.82) is 0 Å². The van der Waals surface area contributed by atoms with Crippen LogP contribution in [0.2, 0.25) is 5.02 Å². The molecule has 0 aromatic heterocycles. The molecule has 2 fully saturated rings. The van der Waals surface area contributed by atoms with Crippen molar-refractivity contribution >= 4 is 35.0 Å². The molecule has 0 spiro atoms. The predicted molar refractivity (Wildman–Crippen MR) is 152 cm³/mol. The van der Waals surface area contributed by atoms with E-state index in [0.717, 1.165) is 32.4 Å². The standard InChI is InChI=1S/C30H40ClN3O4/c1-20(2)21-9-8-10-23(17-21)33-16-14-24(19-33)37-27-13-12-22(18-25(27)31)32-28(35)26-11-6-7-15-34(26)29(36)38-30(3,4)5/h8-10,12-13,17-18,20,24,26H,6-7,11,14-16,19H2,1-5H3,(H,32,35)/t24-,26+/m0/s1. The fourth-order valence-electron chi connectivity index (χ4n) is 4.96. The lowest BCUT2D eigenvalue weighted by molar-refractivity contribution is -0.122. The molecule has 7 nitrogen and oxygen atoms in total. The smallest absolute Gasteiger partial charge is 0.410 e. The molecule has 2 aliphatic heterocycles. The number of anilines is 2. The number of benzene rings is 2. The van der Waals surface area contributed by atoms with E-state index in [-0.39, 0.29) is 12.0 Å². The lowest BCUT2D eigenvalue weighted by Gasteiger charge is -2.35. The van der Waals surface area contributed by atoms with Crippen molar-refractivity contribution in [2.24, 2.45) is 0 Å².